The van der Waals surface area contributed by atoms with Gasteiger partial charge in [-0.05, 0) is 36.7 Å². The van der Waals surface area contributed by atoms with Gasteiger partial charge in [-0.15, -0.1) is 0 Å². The van der Waals surface area contributed by atoms with Crippen molar-refractivity contribution in [2.75, 3.05) is 57.3 Å². The number of nitrogens with zero attached hydrogens (tertiary/aromatic N) is 3. The van der Waals surface area contributed by atoms with E-state index in [1.54, 1.807) is 0 Å². The number of benzene rings is 1. The summed E-state index contributed by atoms with van der Waals surface area (Å²) in [6.45, 7) is 9.34. The van der Waals surface area contributed by atoms with Gasteiger partial charge in [0.2, 0.25) is 0 Å². The Labute approximate surface area is 132 Å². The van der Waals surface area contributed by atoms with E-state index in [-0.39, 0.29) is 0 Å². The summed E-state index contributed by atoms with van der Waals surface area (Å²) in [5.74, 6) is 0. The van der Waals surface area contributed by atoms with Gasteiger partial charge in [-0.2, -0.15) is 5.26 Å². The first-order chi connectivity index (χ1) is 10.9. The molecule has 0 aromatic heterocycles. The van der Waals surface area contributed by atoms with E-state index in [4.69, 9.17) is 0 Å². The molecule has 2 N–H and O–H groups in total. The van der Waals surface area contributed by atoms with Crippen molar-refractivity contribution < 1.29 is 0 Å². The van der Waals surface area contributed by atoms with Gasteiger partial charge in [0.15, 0.2) is 0 Å². The Morgan fingerprint density at radius 1 is 1.00 bits per heavy atom. The van der Waals surface area contributed by atoms with E-state index in [2.05, 4.69) is 38.6 Å². The van der Waals surface area contributed by atoms with Crippen molar-refractivity contribution in [2.45, 2.75) is 13.0 Å². The van der Waals surface area contributed by atoms with Crippen LogP contribution >= 0.6 is 0 Å². The molecule has 0 radical (unpaired) electrons. The average Bonchev–Trinajstić information content (AvgIpc) is 2.85. The van der Waals surface area contributed by atoms with E-state index in [1.807, 2.05) is 6.07 Å². The van der Waals surface area contributed by atoms with Crippen LogP contribution in [0.15, 0.2) is 18.2 Å². The molecule has 2 fully saturated rings. The fraction of sp³-hybridized carbons (Fsp3) is 0.588. The van der Waals surface area contributed by atoms with Crippen LogP contribution in [0.3, 0.4) is 0 Å². The predicted molar refractivity (Wildman–Crippen MR) is 89.0 cm³/mol. The van der Waals surface area contributed by atoms with Gasteiger partial charge in [0.05, 0.1) is 11.6 Å². The summed E-state index contributed by atoms with van der Waals surface area (Å²) in [6, 6.07) is 8.68. The molecular formula is C17H25N5. The maximum absolute atomic E-state index is 9.39. The third kappa shape index (κ3) is 3.77. The summed E-state index contributed by atoms with van der Waals surface area (Å²) in [7, 11) is 0. The second kappa shape index (κ2) is 7.59. The molecule has 118 valence electrons. The zero-order valence-corrected chi connectivity index (χ0v) is 13.1. The highest BCUT2D eigenvalue weighted by atomic mass is 15.2. The fourth-order valence-electron chi connectivity index (χ4n) is 3.23. The first-order valence-electron chi connectivity index (χ1n) is 8.28. The highest BCUT2D eigenvalue weighted by Gasteiger charge is 2.15. The molecule has 0 unspecified atom stereocenters. The number of nitrogens with one attached hydrogen (secondary N) is 2. The first kappa shape index (κ1) is 15.3. The maximum atomic E-state index is 9.39. The monoisotopic (exact) mass is 299 g/mol. The topological polar surface area (TPSA) is 54.3 Å². The molecule has 5 heteroatoms. The molecule has 0 bridgehead atoms. The standard InChI is InChI=1S/C17H25N5/c18-13-15-2-3-17(22-8-1-4-19-7-11-22)12-16(15)14-21-9-5-20-6-10-21/h2-3,12,19-20H,1,4-11,14H2. The van der Waals surface area contributed by atoms with Crippen LogP contribution in [0, 0.1) is 11.3 Å². The number of piperazine rings is 1. The first-order valence-corrected chi connectivity index (χ1v) is 8.28. The van der Waals surface area contributed by atoms with Crippen LogP contribution in [0.2, 0.25) is 0 Å². The van der Waals surface area contributed by atoms with Gasteiger partial charge >= 0.3 is 0 Å². The number of rotatable bonds is 3. The third-order valence-electron chi connectivity index (χ3n) is 4.52. The second-order valence-electron chi connectivity index (χ2n) is 6.07. The smallest absolute Gasteiger partial charge is 0.0995 e. The van der Waals surface area contributed by atoms with Crippen molar-refractivity contribution >= 4 is 5.69 Å². The highest BCUT2D eigenvalue weighted by Crippen LogP contribution is 2.21. The van der Waals surface area contributed by atoms with Crippen molar-refractivity contribution in [3.05, 3.63) is 29.3 Å². The largest absolute Gasteiger partial charge is 0.370 e. The van der Waals surface area contributed by atoms with Crippen LogP contribution in [0.25, 0.3) is 0 Å². The van der Waals surface area contributed by atoms with Gasteiger partial charge in [-0.25, -0.2) is 0 Å². The van der Waals surface area contributed by atoms with Crippen LogP contribution in [0.5, 0.6) is 0 Å². The zero-order chi connectivity index (χ0) is 15.2. The van der Waals surface area contributed by atoms with E-state index in [0.717, 1.165) is 64.5 Å². The Morgan fingerprint density at radius 3 is 2.59 bits per heavy atom. The van der Waals surface area contributed by atoms with Gasteiger partial charge in [-0.3, -0.25) is 4.90 Å². The zero-order valence-electron chi connectivity index (χ0n) is 13.1. The molecule has 2 heterocycles. The van der Waals surface area contributed by atoms with E-state index in [1.165, 1.54) is 17.7 Å². The number of anilines is 1. The van der Waals surface area contributed by atoms with Gasteiger partial charge in [0.1, 0.15) is 0 Å². The fourth-order valence-corrected chi connectivity index (χ4v) is 3.23. The van der Waals surface area contributed by atoms with E-state index in [9.17, 15) is 5.26 Å². The lowest BCUT2D eigenvalue weighted by Crippen LogP contribution is -2.43. The van der Waals surface area contributed by atoms with Crippen LogP contribution in [0.1, 0.15) is 17.5 Å². The third-order valence-corrected chi connectivity index (χ3v) is 4.52. The number of hydrogen-bond acceptors (Lipinski definition) is 5. The molecule has 22 heavy (non-hydrogen) atoms. The normalized spacial score (nSPS) is 20.4. The number of nitriles is 1. The van der Waals surface area contributed by atoms with Crippen molar-refractivity contribution in [1.82, 2.24) is 15.5 Å². The van der Waals surface area contributed by atoms with E-state index >= 15 is 0 Å². The van der Waals surface area contributed by atoms with Gasteiger partial charge in [0.25, 0.3) is 0 Å². The Morgan fingerprint density at radius 2 is 1.77 bits per heavy atom. The Bertz CT molecular complexity index is 522. The Hall–Kier alpha value is -1.61. The van der Waals surface area contributed by atoms with E-state index < -0.39 is 0 Å². The van der Waals surface area contributed by atoms with Crippen LogP contribution < -0.4 is 15.5 Å². The molecule has 2 aliphatic heterocycles. The Balaban J connectivity index is 1.77. The minimum Gasteiger partial charge on any atom is -0.370 e. The summed E-state index contributed by atoms with van der Waals surface area (Å²) in [5, 5.41) is 16.2. The van der Waals surface area contributed by atoms with Gasteiger partial charge in [-0.1, -0.05) is 0 Å². The molecule has 0 saturated carbocycles. The summed E-state index contributed by atoms with van der Waals surface area (Å²) in [6.07, 6.45) is 1.17. The summed E-state index contributed by atoms with van der Waals surface area (Å²) in [4.78, 5) is 4.86. The SMILES string of the molecule is N#Cc1ccc(N2CCCNCC2)cc1CN1CCNCC1. The van der Waals surface area contributed by atoms with E-state index in [0.29, 0.717) is 0 Å². The van der Waals surface area contributed by atoms with Crippen LogP contribution in [-0.2, 0) is 6.54 Å². The molecule has 1 aromatic carbocycles. The minimum absolute atomic E-state index is 0.815. The van der Waals surface area contributed by atoms with Gasteiger partial charge < -0.3 is 15.5 Å². The van der Waals surface area contributed by atoms with Crippen molar-refractivity contribution in [3.8, 4) is 6.07 Å². The molecule has 3 rings (SSSR count). The molecule has 2 aliphatic rings. The average molecular weight is 299 g/mol. The minimum atomic E-state index is 0.815. The molecule has 0 aliphatic carbocycles. The number of hydrogen-bond donors (Lipinski definition) is 2. The molecular weight excluding hydrogens is 274 g/mol. The molecule has 0 spiro atoms. The highest BCUT2D eigenvalue weighted by molar-refractivity contribution is 5.54. The molecule has 2 saturated heterocycles. The lowest BCUT2D eigenvalue weighted by molar-refractivity contribution is 0.233. The predicted octanol–water partition coefficient (Wildman–Crippen LogP) is 0.763. The second-order valence-corrected chi connectivity index (χ2v) is 6.07. The summed E-state index contributed by atoms with van der Waals surface area (Å²) < 4.78 is 0. The summed E-state index contributed by atoms with van der Waals surface area (Å²) in [5.41, 5.74) is 3.24. The maximum Gasteiger partial charge on any atom is 0.0995 e. The lowest BCUT2D eigenvalue weighted by atomic mass is 10.1. The Kier molecular flexibility index (Phi) is 5.28. The van der Waals surface area contributed by atoms with Crippen molar-refractivity contribution in [1.29, 1.82) is 5.26 Å². The van der Waals surface area contributed by atoms with Crippen LogP contribution in [-0.4, -0.2) is 57.3 Å². The molecule has 1 aromatic rings. The van der Waals surface area contributed by atoms with Crippen LogP contribution in [0.4, 0.5) is 5.69 Å². The molecule has 0 atom stereocenters. The van der Waals surface area contributed by atoms with Crippen molar-refractivity contribution in [2.24, 2.45) is 0 Å². The van der Waals surface area contributed by atoms with Gasteiger partial charge in [0, 0.05) is 58.0 Å². The quantitative estimate of drug-likeness (QED) is 0.863. The lowest BCUT2D eigenvalue weighted by Gasteiger charge is -2.28. The molecule has 5 nitrogen and oxygen atoms in total. The van der Waals surface area contributed by atoms with Crippen molar-refractivity contribution in [3.63, 3.8) is 0 Å². The summed E-state index contributed by atoms with van der Waals surface area (Å²) >= 11 is 0. The molecule has 0 amide bonds.